The third kappa shape index (κ3) is 3.07. The second kappa shape index (κ2) is 5.81. The van der Waals surface area contributed by atoms with Crippen molar-refractivity contribution < 1.29 is 4.39 Å². The fourth-order valence-corrected chi connectivity index (χ4v) is 3.46. The lowest BCUT2D eigenvalue weighted by molar-refractivity contribution is 0.373. The molecule has 0 amide bonds. The third-order valence-electron chi connectivity index (χ3n) is 3.68. The van der Waals surface area contributed by atoms with Crippen molar-refractivity contribution in [1.82, 2.24) is 0 Å². The Labute approximate surface area is 105 Å². The summed E-state index contributed by atoms with van der Waals surface area (Å²) in [4.78, 5) is 0. The second-order valence-corrected chi connectivity index (χ2v) is 5.44. The Morgan fingerprint density at radius 2 is 1.81 bits per heavy atom. The van der Waals surface area contributed by atoms with Crippen molar-refractivity contribution in [1.29, 1.82) is 0 Å². The minimum absolute atomic E-state index is 0.139. The van der Waals surface area contributed by atoms with Gasteiger partial charge in [-0.15, -0.1) is 0 Å². The van der Waals surface area contributed by atoms with E-state index in [2.05, 4.69) is 15.9 Å². The summed E-state index contributed by atoms with van der Waals surface area (Å²) in [5, 5.41) is 1.06. The molecule has 1 aromatic carbocycles. The molecule has 0 aliphatic heterocycles. The molecule has 1 saturated carbocycles. The van der Waals surface area contributed by atoms with Crippen molar-refractivity contribution in [2.45, 2.75) is 32.1 Å². The van der Waals surface area contributed by atoms with Crippen LogP contribution in [0.3, 0.4) is 0 Å². The summed E-state index contributed by atoms with van der Waals surface area (Å²) in [6, 6.07) is 6.96. The van der Waals surface area contributed by atoms with Crippen molar-refractivity contribution in [3.05, 3.63) is 35.6 Å². The average molecular weight is 285 g/mol. The Morgan fingerprint density at radius 3 is 2.38 bits per heavy atom. The standard InChI is InChI=1S/C14H18BrF/c15-10-13(12-3-1-2-4-12)9-11-5-7-14(16)8-6-11/h5-8,12-13H,1-4,9-10H2. The normalized spacial score (nSPS) is 18.9. The molecule has 1 aliphatic rings. The molecule has 16 heavy (non-hydrogen) atoms. The first-order valence-electron chi connectivity index (χ1n) is 6.10. The summed E-state index contributed by atoms with van der Waals surface area (Å²) in [5.74, 6) is 1.44. The zero-order valence-electron chi connectivity index (χ0n) is 9.46. The molecule has 1 unspecified atom stereocenters. The van der Waals surface area contributed by atoms with Crippen LogP contribution in [-0.2, 0) is 6.42 Å². The SMILES string of the molecule is Fc1ccc(CC(CBr)C2CCCC2)cc1. The summed E-state index contributed by atoms with van der Waals surface area (Å²) >= 11 is 3.62. The van der Waals surface area contributed by atoms with E-state index in [4.69, 9.17) is 0 Å². The Kier molecular flexibility index (Phi) is 4.39. The van der Waals surface area contributed by atoms with E-state index < -0.39 is 0 Å². The molecule has 1 fully saturated rings. The quantitative estimate of drug-likeness (QED) is 0.711. The minimum atomic E-state index is -0.139. The number of hydrogen-bond donors (Lipinski definition) is 0. The molecule has 1 aliphatic carbocycles. The molecule has 0 N–H and O–H groups in total. The second-order valence-electron chi connectivity index (χ2n) is 4.79. The van der Waals surface area contributed by atoms with Crippen LogP contribution in [0.2, 0.25) is 0 Å². The molecule has 0 nitrogen and oxygen atoms in total. The predicted molar refractivity (Wildman–Crippen MR) is 69.3 cm³/mol. The lowest BCUT2D eigenvalue weighted by atomic mass is 9.87. The highest BCUT2D eigenvalue weighted by atomic mass is 79.9. The number of benzene rings is 1. The molecule has 2 rings (SSSR count). The van der Waals surface area contributed by atoms with E-state index in [-0.39, 0.29) is 5.82 Å². The molecule has 0 aromatic heterocycles. The molecule has 0 heterocycles. The lowest BCUT2D eigenvalue weighted by Gasteiger charge is -2.21. The molecule has 2 heteroatoms. The van der Waals surface area contributed by atoms with Crippen LogP contribution in [0.25, 0.3) is 0 Å². The van der Waals surface area contributed by atoms with Gasteiger partial charge in [-0.25, -0.2) is 4.39 Å². The van der Waals surface area contributed by atoms with Gasteiger partial charge >= 0.3 is 0 Å². The monoisotopic (exact) mass is 284 g/mol. The van der Waals surface area contributed by atoms with Gasteiger partial charge in [0.25, 0.3) is 0 Å². The third-order valence-corrected chi connectivity index (χ3v) is 4.51. The fourth-order valence-electron chi connectivity index (χ4n) is 2.70. The minimum Gasteiger partial charge on any atom is -0.207 e. The highest BCUT2D eigenvalue weighted by molar-refractivity contribution is 9.09. The van der Waals surface area contributed by atoms with Crippen LogP contribution in [0.15, 0.2) is 24.3 Å². The van der Waals surface area contributed by atoms with E-state index >= 15 is 0 Å². The summed E-state index contributed by atoms with van der Waals surface area (Å²) in [6.07, 6.45) is 6.60. The van der Waals surface area contributed by atoms with Crippen LogP contribution in [0.4, 0.5) is 4.39 Å². The van der Waals surface area contributed by atoms with E-state index in [9.17, 15) is 4.39 Å². The first kappa shape index (κ1) is 12.1. The van der Waals surface area contributed by atoms with Crippen LogP contribution in [-0.4, -0.2) is 5.33 Å². The van der Waals surface area contributed by atoms with Gasteiger partial charge in [-0.2, -0.15) is 0 Å². The van der Waals surface area contributed by atoms with Gasteiger partial charge in [0.2, 0.25) is 0 Å². The van der Waals surface area contributed by atoms with Gasteiger partial charge in [0.1, 0.15) is 5.82 Å². The maximum Gasteiger partial charge on any atom is 0.123 e. The first-order chi connectivity index (χ1) is 7.79. The fraction of sp³-hybridized carbons (Fsp3) is 0.571. The largest absolute Gasteiger partial charge is 0.207 e. The van der Waals surface area contributed by atoms with Crippen LogP contribution in [0.5, 0.6) is 0 Å². The highest BCUT2D eigenvalue weighted by Gasteiger charge is 2.24. The van der Waals surface area contributed by atoms with Crippen molar-refractivity contribution in [2.75, 3.05) is 5.33 Å². The van der Waals surface area contributed by atoms with Crippen LogP contribution >= 0.6 is 15.9 Å². The van der Waals surface area contributed by atoms with Gasteiger partial charge in [-0.05, 0) is 36.0 Å². The van der Waals surface area contributed by atoms with E-state index in [0.29, 0.717) is 5.92 Å². The molecule has 88 valence electrons. The van der Waals surface area contributed by atoms with Gasteiger partial charge in [0.05, 0.1) is 0 Å². The van der Waals surface area contributed by atoms with Gasteiger partial charge in [0, 0.05) is 5.33 Å². The first-order valence-corrected chi connectivity index (χ1v) is 7.22. The molecular weight excluding hydrogens is 267 g/mol. The molecule has 0 saturated heterocycles. The molecule has 0 radical (unpaired) electrons. The Balaban J connectivity index is 1.97. The van der Waals surface area contributed by atoms with Crippen LogP contribution < -0.4 is 0 Å². The zero-order chi connectivity index (χ0) is 11.4. The number of hydrogen-bond acceptors (Lipinski definition) is 0. The average Bonchev–Trinajstić information content (AvgIpc) is 2.82. The number of alkyl halides is 1. The Bertz CT molecular complexity index is 314. The van der Waals surface area contributed by atoms with E-state index in [1.165, 1.54) is 31.2 Å². The predicted octanol–water partition coefficient (Wildman–Crippen LogP) is 4.57. The van der Waals surface area contributed by atoms with E-state index in [1.807, 2.05) is 12.1 Å². The zero-order valence-corrected chi connectivity index (χ0v) is 11.0. The van der Waals surface area contributed by atoms with Crippen LogP contribution in [0, 0.1) is 17.7 Å². The Morgan fingerprint density at radius 1 is 1.19 bits per heavy atom. The molecular formula is C14H18BrF. The summed E-state index contributed by atoms with van der Waals surface area (Å²) in [5.41, 5.74) is 1.26. The van der Waals surface area contributed by atoms with Crippen molar-refractivity contribution >= 4 is 15.9 Å². The highest BCUT2D eigenvalue weighted by Crippen LogP contribution is 2.34. The van der Waals surface area contributed by atoms with Crippen LogP contribution in [0.1, 0.15) is 31.2 Å². The van der Waals surface area contributed by atoms with E-state index in [1.54, 1.807) is 12.1 Å². The van der Waals surface area contributed by atoms with E-state index in [0.717, 1.165) is 17.7 Å². The number of rotatable bonds is 4. The van der Waals surface area contributed by atoms with Gasteiger partial charge in [0.15, 0.2) is 0 Å². The molecule has 1 atom stereocenters. The molecule has 0 bridgehead atoms. The van der Waals surface area contributed by atoms with Gasteiger partial charge in [-0.1, -0.05) is 53.7 Å². The number of halogens is 2. The van der Waals surface area contributed by atoms with Crippen molar-refractivity contribution in [3.63, 3.8) is 0 Å². The lowest BCUT2D eigenvalue weighted by Crippen LogP contribution is -2.16. The smallest absolute Gasteiger partial charge is 0.123 e. The topological polar surface area (TPSA) is 0 Å². The Hall–Kier alpha value is -0.370. The molecule has 0 spiro atoms. The maximum absolute atomic E-state index is 12.8. The van der Waals surface area contributed by atoms with Gasteiger partial charge < -0.3 is 0 Å². The van der Waals surface area contributed by atoms with Crippen molar-refractivity contribution in [2.24, 2.45) is 11.8 Å². The van der Waals surface area contributed by atoms with Crippen molar-refractivity contribution in [3.8, 4) is 0 Å². The maximum atomic E-state index is 12.8. The summed E-state index contributed by atoms with van der Waals surface area (Å²) in [6.45, 7) is 0. The van der Waals surface area contributed by atoms with Gasteiger partial charge in [-0.3, -0.25) is 0 Å². The summed E-state index contributed by atoms with van der Waals surface area (Å²) < 4.78 is 12.8. The summed E-state index contributed by atoms with van der Waals surface area (Å²) in [7, 11) is 0. The molecule has 1 aromatic rings.